The molecule has 1 N–H and O–H groups in total. The summed E-state index contributed by atoms with van der Waals surface area (Å²) in [5, 5.41) is 0. The van der Waals surface area contributed by atoms with Crippen LogP contribution >= 0.6 is 0 Å². The van der Waals surface area contributed by atoms with Crippen LogP contribution < -0.4 is 5.56 Å². The number of aromatic amines is 1. The monoisotopic (exact) mass is 345 g/mol. The third-order valence-electron chi connectivity index (χ3n) is 5.75. The number of carbonyl (C=O) groups is 1. The van der Waals surface area contributed by atoms with Crippen molar-refractivity contribution in [2.24, 2.45) is 0 Å². The molecule has 0 saturated carbocycles. The number of benzene rings is 2. The van der Waals surface area contributed by atoms with Gasteiger partial charge < -0.3 is 9.88 Å². The summed E-state index contributed by atoms with van der Waals surface area (Å²) in [7, 11) is 0. The Morgan fingerprint density at radius 2 is 1.88 bits per heavy atom. The molecule has 2 aromatic carbocycles. The molecule has 3 heterocycles. The Bertz CT molecular complexity index is 1150. The number of nitrogens with zero attached hydrogens (tertiary/aromatic N) is 2. The number of aromatic nitrogens is 2. The van der Waals surface area contributed by atoms with E-state index in [-0.39, 0.29) is 17.5 Å². The fourth-order valence-corrected chi connectivity index (χ4v) is 4.31. The summed E-state index contributed by atoms with van der Waals surface area (Å²) in [6, 6.07) is 9.66. The molecule has 0 radical (unpaired) electrons. The van der Waals surface area contributed by atoms with Crippen LogP contribution in [0.25, 0.3) is 22.3 Å². The minimum atomic E-state index is -0.210. The van der Waals surface area contributed by atoms with Gasteiger partial charge in [-0.2, -0.15) is 0 Å². The molecule has 0 aliphatic carbocycles. The zero-order valence-electron chi connectivity index (χ0n) is 14.8. The highest BCUT2D eigenvalue weighted by Crippen LogP contribution is 2.44. The fraction of sp³-hybridized carbons (Fsp3) is 0.286. The van der Waals surface area contributed by atoms with Gasteiger partial charge in [-0.05, 0) is 61.6 Å². The average Bonchev–Trinajstić information content (AvgIpc) is 3.19. The Balaban J connectivity index is 1.78. The molecule has 2 aliphatic heterocycles. The van der Waals surface area contributed by atoms with Gasteiger partial charge in [0.15, 0.2) is 0 Å². The lowest BCUT2D eigenvalue weighted by atomic mass is 9.94. The second-order valence-electron chi connectivity index (χ2n) is 7.29. The van der Waals surface area contributed by atoms with Crippen LogP contribution in [-0.4, -0.2) is 27.3 Å². The summed E-state index contributed by atoms with van der Waals surface area (Å²) in [5.74, 6) is 0.0769. The van der Waals surface area contributed by atoms with Gasteiger partial charge in [-0.15, -0.1) is 0 Å². The van der Waals surface area contributed by atoms with E-state index in [1.165, 1.54) is 0 Å². The van der Waals surface area contributed by atoms with Crippen molar-refractivity contribution in [1.29, 1.82) is 0 Å². The van der Waals surface area contributed by atoms with Gasteiger partial charge in [0.1, 0.15) is 5.69 Å². The van der Waals surface area contributed by atoms with Gasteiger partial charge in [0.25, 0.3) is 11.5 Å². The predicted octanol–water partition coefficient (Wildman–Crippen LogP) is 3.50. The fourth-order valence-electron chi connectivity index (χ4n) is 4.31. The first-order valence-electron chi connectivity index (χ1n) is 9.00. The Morgan fingerprint density at radius 1 is 1.12 bits per heavy atom. The summed E-state index contributed by atoms with van der Waals surface area (Å²) >= 11 is 0. The minimum absolute atomic E-state index is 0.0744. The van der Waals surface area contributed by atoms with Gasteiger partial charge in [-0.25, -0.2) is 4.98 Å². The lowest BCUT2D eigenvalue weighted by Crippen LogP contribution is -2.22. The zero-order valence-corrected chi connectivity index (χ0v) is 14.8. The molecule has 1 atom stereocenters. The third-order valence-corrected chi connectivity index (χ3v) is 5.75. The van der Waals surface area contributed by atoms with Crippen molar-refractivity contribution in [3.8, 4) is 11.3 Å². The second-order valence-corrected chi connectivity index (χ2v) is 7.29. The molecule has 1 amide bonds. The molecule has 1 aromatic heterocycles. The van der Waals surface area contributed by atoms with Gasteiger partial charge >= 0.3 is 0 Å². The standard InChI is InChI=1S/C21H19N3O2/c1-11-9-15-16(10-12(11)2)23-20(25)19(22-15)13-5-3-6-14-18(13)17-7-4-8-24(17)21(14)26/h3,5-6,9-10,17H,4,7-8H2,1-2H3,(H,23,25). The minimum Gasteiger partial charge on any atom is -0.332 e. The number of hydrogen-bond donors (Lipinski definition) is 1. The van der Waals surface area contributed by atoms with Gasteiger partial charge in [0.05, 0.1) is 17.1 Å². The van der Waals surface area contributed by atoms with E-state index in [0.717, 1.165) is 52.7 Å². The van der Waals surface area contributed by atoms with E-state index in [0.29, 0.717) is 11.3 Å². The molecular weight excluding hydrogens is 326 g/mol. The van der Waals surface area contributed by atoms with Gasteiger partial charge in [0.2, 0.25) is 0 Å². The molecule has 1 unspecified atom stereocenters. The van der Waals surface area contributed by atoms with Gasteiger partial charge in [-0.1, -0.05) is 12.1 Å². The van der Waals surface area contributed by atoms with Gasteiger partial charge in [0, 0.05) is 17.7 Å². The topological polar surface area (TPSA) is 66.1 Å². The molecule has 0 spiro atoms. The molecule has 5 heteroatoms. The van der Waals surface area contributed by atoms with Crippen LogP contribution in [-0.2, 0) is 0 Å². The summed E-state index contributed by atoms with van der Waals surface area (Å²) in [6.45, 7) is 4.85. The lowest BCUT2D eigenvalue weighted by molar-refractivity contribution is 0.0776. The number of rotatable bonds is 1. The molecule has 1 fully saturated rings. The van der Waals surface area contributed by atoms with Crippen molar-refractivity contribution in [2.75, 3.05) is 6.54 Å². The summed E-state index contributed by atoms with van der Waals surface area (Å²) < 4.78 is 0. The number of nitrogens with one attached hydrogen (secondary N) is 1. The van der Waals surface area contributed by atoms with E-state index in [4.69, 9.17) is 4.98 Å². The number of aryl methyl sites for hydroxylation is 2. The maximum atomic E-state index is 12.8. The maximum Gasteiger partial charge on any atom is 0.274 e. The van der Waals surface area contributed by atoms with Crippen LogP contribution in [0.1, 0.15) is 45.9 Å². The van der Waals surface area contributed by atoms with Crippen LogP contribution in [0.15, 0.2) is 35.1 Å². The van der Waals surface area contributed by atoms with E-state index in [1.807, 2.05) is 49.1 Å². The number of carbonyl (C=O) groups excluding carboxylic acids is 1. The van der Waals surface area contributed by atoms with E-state index in [9.17, 15) is 9.59 Å². The van der Waals surface area contributed by atoms with Crippen molar-refractivity contribution in [1.82, 2.24) is 14.9 Å². The first kappa shape index (κ1) is 15.3. The quantitative estimate of drug-likeness (QED) is 0.734. The van der Waals surface area contributed by atoms with E-state index in [1.54, 1.807) is 0 Å². The largest absolute Gasteiger partial charge is 0.332 e. The Labute approximate surface area is 150 Å². The molecule has 130 valence electrons. The molecule has 0 bridgehead atoms. The molecule has 5 rings (SSSR count). The summed E-state index contributed by atoms with van der Waals surface area (Å²) in [6.07, 6.45) is 1.95. The predicted molar refractivity (Wildman–Crippen MR) is 100 cm³/mol. The van der Waals surface area contributed by atoms with Crippen LogP contribution in [0.4, 0.5) is 0 Å². The number of amides is 1. The summed E-state index contributed by atoms with van der Waals surface area (Å²) in [5.41, 5.74) is 6.43. The van der Waals surface area contributed by atoms with Crippen molar-refractivity contribution in [2.45, 2.75) is 32.7 Å². The zero-order chi connectivity index (χ0) is 18.0. The first-order valence-corrected chi connectivity index (χ1v) is 9.00. The van der Waals surface area contributed by atoms with E-state index >= 15 is 0 Å². The highest BCUT2D eigenvalue weighted by atomic mass is 16.2. The number of H-pyrrole nitrogens is 1. The molecule has 2 aliphatic rings. The molecule has 1 saturated heterocycles. The normalized spacial score (nSPS) is 18.5. The average molecular weight is 345 g/mol. The summed E-state index contributed by atoms with van der Waals surface area (Å²) in [4.78, 5) is 35.0. The van der Waals surface area contributed by atoms with Crippen molar-refractivity contribution < 1.29 is 4.79 Å². The Hall–Kier alpha value is -2.95. The SMILES string of the molecule is Cc1cc2nc(-c3cccc4c3C3CCCN3C4=O)c(=O)[nH]c2cc1C. The molecular formula is C21H19N3O2. The van der Waals surface area contributed by atoms with Crippen LogP contribution in [0.3, 0.4) is 0 Å². The lowest BCUT2D eigenvalue weighted by Gasteiger charge is -2.16. The van der Waals surface area contributed by atoms with Crippen molar-refractivity contribution in [3.05, 3.63) is 62.9 Å². The third kappa shape index (κ3) is 2.00. The highest BCUT2D eigenvalue weighted by Gasteiger charge is 2.41. The smallest absolute Gasteiger partial charge is 0.274 e. The number of fused-ring (bicyclic) bond motifs is 4. The molecule has 26 heavy (non-hydrogen) atoms. The second kappa shape index (κ2) is 5.27. The molecule has 5 nitrogen and oxygen atoms in total. The Kier molecular flexibility index (Phi) is 3.11. The first-order chi connectivity index (χ1) is 12.5. The van der Waals surface area contributed by atoms with Crippen LogP contribution in [0.2, 0.25) is 0 Å². The maximum absolute atomic E-state index is 12.8. The molecule has 3 aromatic rings. The van der Waals surface area contributed by atoms with Crippen LogP contribution in [0.5, 0.6) is 0 Å². The Morgan fingerprint density at radius 3 is 2.73 bits per heavy atom. The van der Waals surface area contributed by atoms with Gasteiger partial charge in [-0.3, -0.25) is 9.59 Å². The van der Waals surface area contributed by atoms with Crippen molar-refractivity contribution in [3.63, 3.8) is 0 Å². The van der Waals surface area contributed by atoms with E-state index in [2.05, 4.69) is 4.98 Å². The highest BCUT2D eigenvalue weighted by molar-refractivity contribution is 6.01. The van der Waals surface area contributed by atoms with Crippen LogP contribution in [0, 0.1) is 13.8 Å². The number of hydrogen-bond acceptors (Lipinski definition) is 3. The van der Waals surface area contributed by atoms with Crippen molar-refractivity contribution >= 4 is 16.9 Å². The van der Waals surface area contributed by atoms with E-state index < -0.39 is 0 Å².